The zero-order valence-corrected chi connectivity index (χ0v) is 7.78. The van der Waals surface area contributed by atoms with Gasteiger partial charge in [0.25, 0.3) is 0 Å². The van der Waals surface area contributed by atoms with E-state index < -0.39 is 0 Å². The quantitative estimate of drug-likeness (QED) is 0.541. The van der Waals surface area contributed by atoms with Crippen LogP contribution in [0, 0.1) is 41.9 Å². The smallest absolute Gasteiger partial charge is 0.0897 e. The normalized spacial score (nSPS) is 13.0. The molecule has 1 unspecified atom stereocenters. The summed E-state index contributed by atoms with van der Waals surface area (Å²) in [6, 6.07) is 0. The van der Waals surface area contributed by atoms with Crippen LogP contribution < -0.4 is 0 Å². The van der Waals surface area contributed by atoms with Gasteiger partial charge in [0.05, 0.1) is 5.41 Å². The summed E-state index contributed by atoms with van der Waals surface area (Å²) in [6.07, 6.45) is 12.8. The van der Waals surface area contributed by atoms with Gasteiger partial charge < -0.3 is 0 Å². The molecule has 0 radical (unpaired) electrons. The molecule has 0 heteroatoms. The summed E-state index contributed by atoms with van der Waals surface area (Å²) < 4.78 is 0. The minimum Gasteiger partial charge on any atom is -0.120 e. The predicted molar refractivity (Wildman–Crippen MR) is 53.1 cm³/mol. The van der Waals surface area contributed by atoms with E-state index in [0.717, 1.165) is 12.8 Å². The highest BCUT2D eigenvalue weighted by Crippen LogP contribution is 2.20. The molecule has 0 heterocycles. The fourth-order valence-electron chi connectivity index (χ4n) is 0.776. The molecule has 0 rings (SSSR count). The third-order valence-corrected chi connectivity index (χ3v) is 1.63. The van der Waals surface area contributed by atoms with E-state index in [1.807, 2.05) is 13.8 Å². The molecule has 0 bridgehead atoms. The van der Waals surface area contributed by atoms with Crippen molar-refractivity contribution in [1.82, 2.24) is 0 Å². The standard InChI is InChI=1S/C12H14/c1-5-8-10-12(4,7-3)11-9-6-2/h1,3H,6,8,10H2,2,4H3. The largest absolute Gasteiger partial charge is 0.120 e. The van der Waals surface area contributed by atoms with Crippen molar-refractivity contribution in [2.75, 3.05) is 0 Å². The first-order chi connectivity index (χ1) is 5.68. The predicted octanol–water partition coefficient (Wildman–Crippen LogP) is 2.45. The van der Waals surface area contributed by atoms with E-state index in [-0.39, 0.29) is 5.41 Å². The Labute approximate surface area is 75.8 Å². The van der Waals surface area contributed by atoms with Crippen molar-refractivity contribution in [1.29, 1.82) is 0 Å². The molecule has 0 N–H and O–H groups in total. The lowest BCUT2D eigenvalue weighted by atomic mass is 9.87. The first kappa shape index (κ1) is 10.7. The second kappa shape index (κ2) is 5.35. The number of rotatable bonds is 2. The Hall–Kier alpha value is -1.32. The molecule has 62 valence electrons. The summed E-state index contributed by atoms with van der Waals surface area (Å²) in [5.74, 6) is 11.3. The highest BCUT2D eigenvalue weighted by Gasteiger charge is 2.16. The maximum absolute atomic E-state index is 5.37. The molecule has 12 heavy (non-hydrogen) atoms. The average molecular weight is 158 g/mol. The van der Waals surface area contributed by atoms with Crippen molar-refractivity contribution in [2.24, 2.45) is 5.41 Å². The Balaban J connectivity index is 4.29. The Kier molecular flexibility index (Phi) is 4.76. The van der Waals surface area contributed by atoms with Gasteiger partial charge in [-0.3, -0.25) is 0 Å². The third kappa shape index (κ3) is 3.75. The van der Waals surface area contributed by atoms with Crippen LogP contribution in [0.2, 0.25) is 0 Å². The van der Waals surface area contributed by atoms with Crippen molar-refractivity contribution < 1.29 is 0 Å². The minimum absolute atomic E-state index is 0.331. The summed E-state index contributed by atoms with van der Waals surface area (Å²) in [7, 11) is 0. The monoisotopic (exact) mass is 158 g/mol. The lowest BCUT2D eigenvalue weighted by Crippen LogP contribution is -2.09. The van der Waals surface area contributed by atoms with E-state index in [1.54, 1.807) is 0 Å². The van der Waals surface area contributed by atoms with Crippen LogP contribution in [-0.4, -0.2) is 0 Å². The minimum atomic E-state index is -0.331. The maximum atomic E-state index is 5.37. The second-order valence-electron chi connectivity index (χ2n) is 2.84. The average Bonchev–Trinajstić information content (AvgIpc) is 2.11. The molecule has 0 aliphatic carbocycles. The lowest BCUT2D eigenvalue weighted by Gasteiger charge is -2.13. The van der Waals surface area contributed by atoms with Gasteiger partial charge in [-0.05, 0) is 13.3 Å². The number of hydrogen-bond donors (Lipinski definition) is 0. The molecule has 0 nitrogen and oxygen atoms in total. The molecule has 0 amide bonds. The van der Waals surface area contributed by atoms with Crippen LogP contribution in [0.25, 0.3) is 0 Å². The van der Waals surface area contributed by atoms with Gasteiger partial charge in [-0.2, -0.15) is 0 Å². The van der Waals surface area contributed by atoms with E-state index in [2.05, 4.69) is 23.7 Å². The van der Waals surface area contributed by atoms with Crippen LogP contribution in [0.1, 0.15) is 33.1 Å². The molecule has 0 fully saturated rings. The molecule has 0 aliphatic rings. The molecule has 0 spiro atoms. The van der Waals surface area contributed by atoms with E-state index in [9.17, 15) is 0 Å². The molecular weight excluding hydrogens is 144 g/mol. The molecule has 0 aliphatic heterocycles. The molecule has 0 saturated carbocycles. The van der Waals surface area contributed by atoms with Crippen molar-refractivity contribution >= 4 is 0 Å². The number of terminal acetylenes is 2. The van der Waals surface area contributed by atoms with Crippen molar-refractivity contribution in [3.05, 3.63) is 0 Å². The van der Waals surface area contributed by atoms with Gasteiger partial charge in [-0.15, -0.1) is 24.7 Å². The van der Waals surface area contributed by atoms with Crippen LogP contribution in [0.3, 0.4) is 0 Å². The first-order valence-electron chi connectivity index (χ1n) is 4.10. The van der Waals surface area contributed by atoms with Crippen LogP contribution >= 0.6 is 0 Å². The third-order valence-electron chi connectivity index (χ3n) is 1.63. The van der Waals surface area contributed by atoms with Gasteiger partial charge in [-0.25, -0.2) is 0 Å². The highest BCUT2D eigenvalue weighted by molar-refractivity contribution is 5.23. The summed E-state index contributed by atoms with van der Waals surface area (Å²) >= 11 is 0. The van der Waals surface area contributed by atoms with Crippen molar-refractivity contribution in [3.63, 3.8) is 0 Å². The van der Waals surface area contributed by atoms with Gasteiger partial charge >= 0.3 is 0 Å². The van der Waals surface area contributed by atoms with Crippen molar-refractivity contribution in [2.45, 2.75) is 33.1 Å². The number of hydrogen-bond acceptors (Lipinski definition) is 0. The summed E-state index contributed by atoms with van der Waals surface area (Å²) in [6.45, 7) is 3.96. The van der Waals surface area contributed by atoms with E-state index in [1.165, 1.54) is 0 Å². The summed E-state index contributed by atoms with van der Waals surface area (Å²) in [4.78, 5) is 0. The fraction of sp³-hybridized carbons (Fsp3) is 0.500. The van der Waals surface area contributed by atoms with Gasteiger partial charge in [0.1, 0.15) is 0 Å². The Morgan fingerprint density at radius 2 is 2.00 bits per heavy atom. The molecule has 0 saturated heterocycles. The molecule has 0 aromatic heterocycles. The Morgan fingerprint density at radius 3 is 2.42 bits per heavy atom. The summed E-state index contributed by atoms with van der Waals surface area (Å²) in [5, 5.41) is 0. The van der Waals surface area contributed by atoms with Gasteiger partial charge in [0, 0.05) is 12.8 Å². The van der Waals surface area contributed by atoms with Crippen LogP contribution in [0.15, 0.2) is 0 Å². The Morgan fingerprint density at radius 1 is 1.33 bits per heavy atom. The zero-order chi connectivity index (χ0) is 9.45. The lowest BCUT2D eigenvalue weighted by molar-refractivity contribution is 0.554. The highest BCUT2D eigenvalue weighted by atomic mass is 14.2. The summed E-state index contributed by atoms with van der Waals surface area (Å²) in [5.41, 5.74) is -0.331. The van der Waals surface area contributed by atoms with E-state index >= 15 is 0 Å². The molecule has 0 aromatic rings. The van der Waals surface area contributed by atoms with Gasteiger partial charge in [0.2, 0.25) is 0 Å². The topological polar surface area (TPSA) is 0 Å². The molecule has 1 atom stereocenters. The van der Waals surface area contributed by atoms with E-state index in [4.69, 9.17) is 12.8 Å². The second-order valence-corrected chi connectivity index (χ2v) is 2.84. The van der Waals surface area contributed by atoms with Crippen molar-refractivity contribution in [3.8, 4) is 36.5 Å². The first-order valence-corrected chi connectivity index (χ1v) is 4.10. The molecular formula is C12H14. The Bertz CT molecular complexity index is 261. The maximum Gasteiger partial charge on any atom is 0.0897 e. The van der Waals surface area contributed by atoms with Gasteiger partial charge in [0.15, 0.2) is 0 Å². The van der Waals surface area contributed by atoms with Crippen LogP contribution in [-0.2, 0) is 0 Å². The SMILES string of the molecule is C#CCCC(C)(C#C)C#CCC. The van der Waals surface area contributed by atoms with Gasteiger partial charge in [-0.1, -0.05) is 18.8 Å². The zero-order valence-electron chi connectivity index (χ0n) is 7.78. The van der Waals surface area contributed by atoms with E-state index in [0.29, 0.717) is 6.42 Å². The van der Waals surface area contributed by atoms with Crippen LogP contribution in [0.5, 0.6) is 0 Å². The molecule has 0 aromatic carbocycles. The fourth-order valence-corrected chi connectivity index (χ4v) is 0.776. The van der Waals surface area contributed by atoms with Crippen LogP contribution in [0.4, 0.5) is 0 Å².